The summed E-state index contributed by atoms with van der Waals surface area (Å²) in [5.41, 5.74) is 2.79. The monoisotopic (exact) mass is 412 g/mol. The normalized spacial score (nSPS) is 45.6. The van der Waals surface area contributed by atoms with E-state index in [0.29, 0.717) is 22.7 Å². The Labute approximate surface area is 186 Å². The van der Waals surface area contributed by atoms with Gasteiger partial charge in [-0.1, -0.05) is 65.3 Å². The van der Waals surface area contributed by atoms with E-state index in [2.05, 4.69) is 59.8 Å². The summed E-state index contributed by atoms with van der Waals surface area (Å²) < 4.78 is 0. The fourth-order valence-electron chi connectivity index (χ4n) is 8.68. The minimum absolute atomic E-state index is 0.0480. The summed E-state index contributed by atoms with van der Waals surface area (Å²) in [4.78, 5) is 0. The number of aliphatic hydroxyl groups excluding tert-OH is 1. The molecule has 0 aliphatic heterocycles. The van der Waals surface area contributed by atoms with Gasteiger partial charge in [0.25, 0.3) is 0 Å². The van der Waals surface area contributed by atoms with Gasteiger partial charge in [0.05, 0.1) is 6.10 Å². The topological polar surface area (TPSA) is 20.2 Å². The second-order valence-corrected chi connectivity index (χ2v) is 12.5. The predicted octanol–water partition coefficient (Wildman–Crippen LogP) is 7.80. The van der Waals surface area contributed by atoms with Crippen LogP contribution in [0, 0.1) is 52.3 Å². The molecule has 4 aliphatic rings. The van der Waals surface area contributed by atoms with Crippen LogP contribution in [0.5, 0.6) is 0 Å². The Kier molecular flexibility index (Phi) is 6.35. The molecule has 4 rings (SSSR count). The van der Waals surface area contributed by atoms with Crippen LogP contribution < -0.4 is 0 Å². The summed E-state index contributed by atoms with van der Waals surface area (Å²) in [6, 6.07) is 0. The van der Waals surface area contributed by atoms with Crippen LogP contribution in [0.25, 0.3) is 0 Å². The van der Waals surface area contributed by atoms with Gasteiger partial charge in [0, 0.05) is 0 Å². The molecule has 3 fully saturated rings. The largest absolute Gasteiger partial charge is 0.393 e. The predicted molar refractivity (Wildman–Crippen MR) is 128 cm³/mol. The molecule has 170 valence electrons. The van der Waals surface area contributed by atoms with E-state index in [1.165, 1.54) is 44.9 Å². The van der Waals surface area contributed by atoms with Gasteiger partial charge in [0.2, 0.25) is 0 Å². The molecule has 0 aromatic carbocycles. The Morgan fingerprint density at radius 1 is 1.00 bits per heavy atom. The highest BCUT2D eigenvalue weighted by molar-refractivity contribution is 5.28. The molecule has 0 radical (unpaired) electrons. The highest BCUT2D eigenvalue weighted by atomic mass is 16.3. The van der Waals surface area contributed by atoms with Crippen molar-refractivity contribution in [3.05, 3.63) is 23.8 Å². The Balaban J connectivity index is 1.53. The molecule has 9 atom stereocenters. The third-order valence-corrected chi connectivity index (χ3v) is 10.7. The Morgan fingerprint density at radius 2 is 1.70 bits per heavy atom. The molecule has 0 aromatic rings. The zero-order valence-corrected chi connectivity index (χ0v) is 20.7. The van der Waals surface area contributed by atoms with Crippen molar-refractivity contribution in [3.63, 3.8) is 0 Å². The fraction of sp³-hybridized carbons (Fsp3) is 0.862. The van der Waals surface area contributed by atoms with Gasteiger partial charge in [0.15, 0.2) is 0 Å². The van der Waals surface area contributed by atoms with E-state index in [9.17, 15) is 5.11 Å². The number of aliphatic hydroxyl groups is 1. The second-order valence-electron chi connectivity index (χ2n) is 12.5. The van der Waals surface area contributed by atoms with Crippen molar-refractivity contribution in [2.75, 3.05) is 0 Å². The van der Waals surface area contributed by atoms with Gasteiger partial charge in [-0.3, -0.25) is 0 Å². The molecule has 1 N–H and O–H groups in total. The molecule has 0 heterocycles. The first-order chi connectivity index (χ1) is 14.2. The molecule has 0 aromatic heterocycles. The Morgan fingerprint density at radius 3 is 2.40 bits per heavy atom. The first kappa shape index (κ1) is 22.6. The Hall–Kier alpha value is -0.560. The molecular weight excluding hydrogens is 364 g/mol. The van der Waals surface area contributed by atoms with Gasteiger partial charge in [-0.2, -0.15) is 0 Å². The molecule has 0 amide bonds. The van der Waals surface area contributed by atoms with Crippen molar-refractivity contribution < 1.29 is 5.11 Å². The van der Waals surface area contributed by atoms with Crippen LogP contribution in [0.4, 0.5) is 0 Å². The first-order valence-corrected chi connectivity index (χ1v) is 13.3. The first-order valence-electron chi connectivity index (χ1n) is 13.3. The molecule has 0 saturated heterocycles. The smallest absolute Gasteiger partial charge is 0.0543 e. The van der Waals surface area contributed by atoms with Gasteiger partial charge in [-0.25, -0.2) is 0 Å². The summed E-state index contributed by atoms with van der Waals surface area (Å²) in [5, 5.41) is 10.3. The summed E-state index contributed by atoms with van der Waals surface area (Å²) >= 11 is 0. The van der Waals surface area contributed by atoms with Gasteiger partial charge in [0.1, 0.15) is 0 Å². The van der Waals surface area contributed by atoms with E-state index < -0.39 is 0 Å². The zero-order valence-electron chi connectivity index (χ0n) is 20.7. The third-order valence-electron chi connectivity index (χ3n) is 10.7. The SMILES string of the molecule is CCC(/C=C/[C@@H](C)[C@H]1CC[C@H]2C3=CC[C@H]4CC(O)CC[C@]4(C)[C@H]3CC[C@]12C)C(C)C. The van der Waals surface area contributed by atoms with Crippen molar-refractivity contribution in [3.8, 4) is 0 Å². The van der Waals surface area contributed by atoms with Gasteiger partial charge < -0.3 is 5.11 Å². The van der Waals surface area contributed by atoms with E-state index in [0.717, 1.165) is 42.4 Å². The summed E-state index contributed by atoms with van der Waals surface area (Å²) in [6.45, 7) is 14.8. The van der Waals surface area contributed by atoms with Crippen LogP contribution in [0.2, 0.25) is 0 Å². The van der Waals surface area contributed by atoms with Crippen LogP contribution in [0.1, 0.15) is 99.3 Å². The minimum Gasteiger partial charge on any atom is -0.393 e. The molecule has 1 nitrogen and oxygen atoms in total. The number of hydrogen-bond donors (Lipinski definition) is 1. The third kappa shape index (κ3) is 3.66. The second kappa shape index (κ2) is 8.42. The molecule has 30 heavy (non-hydrogen) atoms. The molecule has 0 spiro atoms. The molecular formula is C29H48O. The van der Waals surface area contributed by atoms with E-state index in [4.69, 9.17) is 0 Å². The lowest BCUT2D eigenvalue weighted by Crippen LogP contribution is -2.49. The van der Waals surface area contributed by atoms with Crippen molar-refractivity contribution in [1.29, 1.82) is 0 Å². The molecule has 0 bridgehead atoms. The van der Waals surface area contributed by atoms with E-state index in [1.54, 1.807) is 0 Å². The van der Waals surface area contributed by atoms with E-state index >= 15 is 0 Å². The van der Waals surface area contributed by atoms with Crippen molar-refractivity contribution >= 4 is 0 Å². The van der Waals surface area contributed by atoms with E-state index in [1.807, 2.05) is 5.57 Å². The highest BCUT2D eigenvalue weighted by Crippen LogP contribution is 2.66. The number of hydrogen-bond acceptors (Lipinski definition) is 1. The lowest BCUT2D eigenvalue weighted by atomic mass is 9.47. The number of fused-ring (bicyclic) bond motifs is 5. The van der Waals surface area contributed by atoms with Crippen LogP contribution in [-0.2, 0) is 0 Å². The standard InChI is InChI=1S/C29H48O/c1-7-21(19(2)3)9-8-20(4)25-12-13-26-24-11-10-22-18-23(30)14-16-28(22,5)27(24)15-17-29(25,26)6/h8-9,11,19-23,25-27,30H,7,10,12-18H2,1-6H3/b9-8+/t20-,21?,22+,23?,25-,26+,27+,28+,29-/m1/s1. The van der Waals surface area contributed by atoms with Crippen LogP contribution >= 0.6 is 0 Å². The summed E-state index contributed by atoms with van der Waals surface area (Å²) in [6.07, 6.45) is 19.2. The molecule has 2 unspecified atom stereocenters. The fourth-order valence-corrected chi connectivity index (χ4v) is 8.68. The van der Waals surface area contributed by atoms with Crippen molar-refractivity contribution in [1.82, 2.24) is 0 Å². The van der Waals surface area contributed by atoms with Gasteiger partial charge >= 0.3 is 0 Å². The van der Waals surface area contributed by atoms with Gasteiger partial charge in [-0.05, 0) is 110 Å². The van der Waals surface area contributed by atoms with E-state index in [-0.39, 0.29) is 6.10 Å². The molecule has 4 aliphatic carbocycles. The summed E-state index contributed by atoms with van der Waals surface area (Å²) in [5.74, 6) is 5.32. The number of rotatable bonds is 5. The van der Waals surface area contributed by atoms with Crippen LogP contribution in [-0.4, -0.2) is 11.2 Å². The quantitative estimate of drug-likeness (QED) is 0.457. The maximum atomic E-state index is 10.3. The lowest BCUT2D eigenvalue weighted by Gasteiger charge is -2.57. The van der Waals surface area contributed by atoms with Crippen molar-refractivity contribution in [2.45, 2.75) is 105 Å². The van der Waals surface area contributed by atoms with Crippen LogP contribution in [0.15, 0.2) is 23.8 Å². The Bertz CT molecular complexity index is 674. The van der Waals surface area contributed by atoms with Crippen molar-refractivity contribution in [2.24, 2.45) is 52.3 Å². The maximum absolute atomic E-state index is 10.3. The molecule has 3 saturated carbocycles. The average Bonchev–Trinajstić information content (AvgIpc) is 3.06. The minimum atomic E-state index is -0.0480. The van der Waals surface area contributed by atoms with Crippen LogP contribution in [0.3, 0.4) is 0 Å². The highest BCUT2D eigenvalue weighted by Gasteiger charge is 2.57. The zero-order chi connectivity index (χ0) is 21.7. The average molecular weight is 413 g/mol. The van der Waals surface area contributed by atoms with Gasteiger partial charge in [-0.15, -0.1) is 0 Å². The maximum Gasteiger partial charge on any atom is 0.0543 e. The lowest BCUT2D eigenvalue weighted by molar-refractivity contribution is -0.0414. The molecule has 1 heteroatoms. The number of allylic oxidation sites excluding steroid dienone is 4. The summed E-state index contributed by atoms with van der Waals surface area (Å²) in [7, 11) is 0.